The third-order valence-electron chi connectivity index (χ3n) is 9.46. The first-order chi connectivity index (χ1) is 26.5. The molecule has 2 heteroatoms. The molecule has 0 aliphatic rings. The van der Waals surface area contributed by atoms with Crippen LogP contribution in [-0.4, -0.2) is 11.6 Å². The smallest absolute Gasteiger partial charge is 0.194 e. The van der Waals surface area contributed by atoms with Crippen LogP contribution in [0.3, 0.4) is 0 Å². The molecule has 0 aromatic heterocycles. The summed E-state index contributed by atoms with van der Waals surface area (Å²) in [5.74, 6) is -0.202. The Morgan fingerprint density at radius 1 is 0.241 bits per heavy atom. The molecule has 0 unspecified atom stereocenters. The lowest BCUT2D eigenvalue weighted by molar-refractivity contribution is 0.104. The van der Waals surface area contributed by atoms with Gasteiger partial charge in [0, 0.05) is 33.4 Å². The van der Waals surface area contributed by atoms with Crippen LogP contribution in [0.2, 0.25) is 0 Å². The van der Waals surface area contributed by atoms with E-state index in [4.69, 9.17) is 0 Å². The van der Waals surface area contributed by atoms with Gasteiger partial charge >= 0.3 is 0 Å². The van der Waals surface area contributed by atoms with Crippen LogP contribution in [-0.2, 0) is 0 Å². The standard InChI is InChI=1S/C52H38O2/c1-37(39-21-9-3-10-22-39)47(49(41-25-13-5-14-26-41)51(53)45-29-17-7-18-30-45)43-33-35-44(36-34-43)48(38(2)40-23-11-4-12-24-40)50(42-27-15-6-16-28-42)52(54)46-31-19-8-20-32-46/h3-36H,1-2H2. The fourth-order valence-corrected chi connectivity index (χ4v) is 6.77. The van der Waals surface area contributed by atoms with Gasteiger partial charge < -0.3 is 0 Å². The SMILES string of the molecule is C=C(C(=C(C(=O)c1ccccc1)c1ccccc1)c1ccc(C(C(=C)c2ccccc2)=C(C(=O)c2ccccc2)c2ccccc2)cc1)c1ccccc1. The van der Waals surface area contributed by atoms with Gasteiger partial charge in [0.1, 0.15) is 0 Å². The second kappa shape index (κ2) is 16.5. The summed E-state index contributed by atoms with van der Waals surface area (Å²) in [4.78, 5) is 29.2. The maximum atomic E-state index is 14.6. The molecule has 7 rings (SSSR count). The number of benzene rings is 7. The van der Waals surface area contributed by atoms with Crippen LogP contribution in [0.25, 0.3) is 33.4 Å². The van der Waals surface area contributed by atoms with E-state index in [1.54, 1.807) is 0 Å². The van der Waals surface area contributed by atoms with Gasteiger partial charge in [-0.25, -0.2) is 0 Å². The molecule has 54 heavy (non-hydrogen) atoms. The van der Waals surface area contributed by atoms with Crippen LogP contribution in [0, 0.1) is 0 Å². The Balaban J connectivity index is 1.49. The van der Waals surface area contributed by atoms with Crippen LogP contribution in [0.4, 0.5) is 0 Å². The molecule has 0 aliphatic heterocycles. The zero-order valence-corrected chi connectivity index (χ0v) is 29.9. The minimum absolute atomic E-state index is 0.101. The summed E-state index contributed by atoms with van der Waals surface area (Å²) < 4.78 is 0. The number of hydrogen-bond donors (Lipinski definition) is 0. The fraction of sp³-hybridized carbons (Fsp3) is 0. The summed E-state index contributed by atoms with van der Waals surface area (Å²) in [7, 11) is 0. The third kappa shape index (κ3) is 7.55. The third-order valence-corrected chi connectivity index (χ3v) is 9.46. The molecule has 0 bridgehead atoms. The average molecular weight is 695 g/mol. The Morgan fingerprint density at radius 2 is 0.444 bits per heavy atom. The number of allylic oxidation sites excluding steroid dienone is 6. The van der Waals surface area contributed by atoms with Crippen LogP contribution in [0.15, 0.2) is 219 Å². The van der Waals surface area contributed by atoms with Crippen molar-refractivity contribution in [3.8, 4) is 0 Å². The Kier molecular flexibility index (Phi) is 10.7. The van der Waals surface area contributed by atoms with Crippen molar-refractivity contribution in [2.45, 2.75) is 0 Å². The first-order valence-corrected chi connectivity index (χ1v) is 17.9. The van der Waals surface area contributed by atoms with E-state index >= 15 is 0 Å². The van der Waals surface area contributed by atoms with Crippen LogP contribution < -0.4 is 0 Å². The highest BCUT2D eigenvalue weighted by molar-refractivity contribution is 6.40. The van der Waals surface area contributed by atoms with Gasteiger partial charge in [0.25, 0.3) is 0 Å². The molecule has 0 fully saturated rings. The van der Waals surface area contributed by atoms with Crippen LogP contribution in [0.5, 0.6) is 0 Å². The summed E-state index contributed by atoms with van der Waals surface area (Å²) in [5, 5.41) is 0. The fourth-order valence-electron chi connectivity index (χ4n) is 6.77. The quantitative estimate of drug-likeness (QED) is 0.0552. The summed E-state index contributed by atoms with van der Waals surface area (Å²) >= 11 is 0. The van der Waals surface area contributed by atoms with Gasteiger partial charge in [-0.1, -0.05) is 219 Å². The van der Waals surface area contributed by atoms with Crippen molar-refractivity contribution in [3.05, 3.63) is 264 Å². The summed E-state index contributed by atoms with van der Waals surface area (Å²) in [6, 6.07) is 66.2. The van der Waals surface area contributed by atoms with Gasteiger partial charge in [-0.3, -0.25) is 9.59 Å². The lowest BCUT2D eigenvalue weighted by Gasteiger charge is -2.21. The van der Waals surface area contributed by atoms with Gasteiger partial charge in [-0.2, -0.15) is 0 Å². The van der Waals surface area contributed by atoms with Gasteiger partial charge in [0.2, 0.25) is 0 Å². The van der Waals surface area contributed by atoms with Crippen molar-refractivity contribution < 1.29 is 9.59 Å². The number of ketones is 2. The molecule has 0 saturated heterocycles. The molecule has 0 radical (unpaired) electrons. The number of rotatable bonds is 12. The molecule has 0 spiro atoms. The normalized spacial score (nSPS) is 11.9. The van der Waals surface area contributed by atoms with Crippen LogP contribution >= 0.6 is 0 Å². The van der Waals surface area contributed by atoms with E-state index in [9.17, 15) is 9.59 Å². The minimum atomic E-state index is -0.101. The van der Waals surface area contributed by atoms with Crippen LogP contribution in [0.1, 0.15) is 54.1 Å². The summed E-state index contributed by atoms with van der Waals surface area (Å²) in [6.07, 6.45) is 0. The topological polar surface area (TPSA) is 34.1 Å². The molecule has 0 aliphatic carbocycles. The molecule has 0 saturated carbocycles. The van der Waals surface area contributed by atoms with Gasteiger partial charge in [-0.05, 0) is 44.5 Å². The summed E-state index contributed by atoms with van der Waals surface area (Å²) in [5.41, 5.74) is 10.2. The minimum Gasteiger partial charge on any atom is -0.289 e. The van der Waals surface area contributed by atoms with E-state index in [1.807, 2.05) is 206 Å². The Morgan fingerprint density at radius 3 is 0.704 bits per heavy atom. The Bertz CT molecular complexity index is 2300. The molecule has 0 N–H and O–H groups in total. The molecule has 258 valence electrons. The molecule has 7 aromatic rings. The molecule has 2 nitrogen and oxygen atoms in total. The van der Waals surface area contributed by atoms with E-state index in [2.05, 4.69) is 13.2 Å². The number of carbonyl (C=O) groups is 2. The number of hydrogen-bond acceptors (Lipinski definition) is 2. The highest BCUT2D eigenvalue weighted by Crippen LogP contribution is 2.42. The van der Waals surface area contributed by atoms with Crippen molar-refractivity contribution in [3.63, 3.8) is 0 Å². The number of carbonyl (C=O) groups excluding carboxylic acids is 2. The van der Waals surface area contributed by atoms with Crippen molar-refractivity contribution in [1.82, 2.24) is 0 Å². The maximum absolute atomic E-state index is 14.6. The first-order valence-electron chi connectivity index (χ1n) is 17.9. The second-order valence-electron chi connectivity index (χ2n) is 12.9. The van der Waals surface area contributed by atoms with E-state index in [-0.39, 0.29) is 11.6 Å². The average Bonchev–Trinajstić information content (AvgIpc) is 3.26. The maximum Gasteiger partial charge on any atom is 0.194 e. The predicted molar refractivity (Wildman–Crippen MR) is 225 cm³/mol. The molecular formula is C52H38O2. The van der Waals surface area contributed by atoms with Crippen molar-refractivity contribution >= 4 is 45.0 Å². The number of Topliss-reactive ketones (excluding diaryl/α,β-unsaturated/α-hetero) is 2. The van der Waals surface area contributed by atoms with E-state index in [1.165, 1.54) is 0 Å². The molecule has 7 aromatic carbocycles. The lowest BCUT2D eigenvalue weighted by Crippen LogP contribution is -2.08. The van der Waals surface area contributed by atoms with Crippen molar-refractivity contribution in [2.75, 3.05) is 0 Å². The Labute approximate surface area is 317 Å². The zero-order valence-electron chi connectivity index (χ0n) is 29.9. The van der Waals surface area contributed by atoms with Crippen molar-refractivity contribution in [2.24, 2.45) is 0 Å². The second-order valence-corrected chi connectivity index (χ2v) is 12.9. The first kappa shape index (κ1) is 35.3. The molecular weight excluding hydrogens is 657 g/mol. The zero-order chi connectivity index (χ0) is 37.3. The van der Waals surface area contributed by atoms with Crippen molar-refractivity contribution in [1.29, 1.82) is 0 Å². The molecule has 0 heterocycles. The van der Waals surface area contributed by atoms with Gasteiger partial charge in [-0.15, -0.1) is 0 Å². The van der Waals surface area contributed by atoms with E-state index in [0.717, 1.165) is 55.7 Å². The molecule has 0 amide bonds. The van der Waals surface area contributed by atoms with Gasteiger partial charge in [0.05, 0.1) is 0 Å². The molecule has 0 atom stereocenters. The van der Waals surface area contributed by atoms with E-state index < -0.39 is 0 Å². The lowest BCUT2D eigenvalue weighted by atomic mass is 9.81. The van der Waals surface area contributed by atoms with E-state index in [0.29, 0.717) is 22.3 Å². The monoisotopic (exact) mass is 694 g/mol. The summed E-state index contributed by atoms with van der Waals surface area (Å²) in [6.45, 7) is 9.19. The largest absolute Gasteiger partial charge is 0.289 e. The van der Waals surface area contributed by atoms with Gasteiger partial charge in [0.15, 0.2) is 11.6 Å². The highest BCUT2D eigenvalue weighted by atomic mass is 16.1. The highest BCUT2D eigenvalue weighted by Gasteiger charge is 2.25. The predicted octanol–water partition coefficient (Wildman–Crippen LogP) is 12.7. The Hall–Kier alpha value is -7.16.